The Morgan fingerprint density at radius 1 is 1.14 bits per heavy atom. The van der Waals surface area contributed by atoms with E-state index in [1.54, 1.807) is 0 Å². The highest BCUT2D eigenvalue weighted by molar-refractivity contribution is 6.63. The highest BCUT2D eigenvalue weighted by Gasteiger charge is 2.22. The van der Waals surface area contributed by atoms with Crippen molar-refractivity contribution in [2.45, 2.75) is 25.4 Å². The number of carbonyl (C=O) groups excluding carboxylic acids is 1. The first-order chi connectivity index (χ1) is 13.6. The largest absolute Gasteiger partial charge is 0.494 e. The Kier molecular flexibility index (Phi) is 8.16. The summed E-state index contributed by atoms with van der Waals surface area (Å²) in [7, 11) is 0. The van der Waals surface area contributed by atoms with Crippen LogP contribution in [0.2, 0.25) is 5.02 Å². The van der Waals surface area contributed by atoms with Crippen molar-refractivity contribution in [3.63, 3.8) is 0 Å². The summed E-state index contributed by atoms with van der Waals surface area (Å²) >= 11 is 11.3. The quantitative estimate of drug-likeness (QED) is 0.427. The number of morpholine rings is 1. The molecule has 150 valence electrons. The fraction of sp³-hybridized carbons (Fsp3) is 0.409. The second-order valence-electron chi connectivity index (χ2n) is 6.91. The molecule has 28 heavy (non-hydrogen) atoms. The summed E-state index contributed by atoms with van der Waals surface area (Å²) in [6.45, 7) is 3.60. The van der Waals surface area contributed by atoms with Gasteiger partial charge in [0.2, 0.25) is 5.24 Å². The number of hydrogen-bond donors (Lipinski definition) is 0. The van der Waals surface area contributed by atoms with Crippen LogP contribution in [0.5, 0.6) is 5.75 Å². The van der Waals surface area contributed by atoms with Crippen LogP contribution < -0.4 is 4.74 Å². The van der Waals surface area contributed by atoms with Gasteiger partial charge in [0.15, 0.2) is 0 Å². The molecule has 1 atom stereocenters. The van der Waals surface area contributed by atoms with Gasteiger partial charge in [-0.3, -0.25) is 9.69 Å². The van der Waals surface area contributed by atoms with Crippen molar-refractivity contribution in [3.05, 3.63) is 64.7 Å². The molecule has 0 aliphatic carbocycles. The smallest absolute Gasteiger partial charge is 0.222 e. The summed E-state index contributed by atoms with van der Waals surface area (Å²) in [5, 5.41) is 0.471. The number of rotatable bonds is 9. The van der Waals surface area contributed by atoms with Crippen molar-refractivity contribution in [2.24, 2.45) is 0 Å². The molecule has 0 aromatic heterocycles. The second kappa shape index (κ2) is 10.8. The van der Waals surface area contributed by atoms with E-state index < -0.39 is 0 Å². The van der Waals surface area contributed by atoms with E-state index in [2.05, 4.69) is 17.0 Å². The van der Waals surface area contributed by atoms with Crippen molar-refractivity contribution in [2.75, 3.05) is 32.8 Å². The topological polar surface area (TPSA) is 38.8 Å². The molecule has 2 aromatic carbocycles. The molecule has 1 saturated heterocycles. The summed E-state index contributed by atoms with van der Waals surface area (Å²) in [6.07, 6.45) is 2.30. The lowest BCUT2D eigenvalue weighted by Gasteiger charge is -2.32. The van der Waals surface area contributed by atoms with E-state index >= 15 is 0 Å². The Bertz CT molecular complexity index is 749. The maximum absolute atomic E-state index is 11.0. The molecule has 0 bridgehead atoms. The summed E-state index contributed by atoms with van der Waals surface area (Å²) in [5.41, 5.74) is 2.38. The fourth-order valence-electron chi connectivity index (χ4n) is 3.25. The molecule has 0 spiro atoms. The minimum absolute atomic E-state index is 0.0122. The minimum atomic E-state index is -0.291. The predicted octanol–water partition coefficient (Wildman–Crippen LogP) is 4.88. The lowest BCUT2D eigenvalue weighted by molar-refractivity contribution is -0.112. The first-order valence-electron chi connectivity index (χ1n) is 9.59. The molecule has 0 saturated carbocycles. The number of ether oxygens (including phenoxy) is 2. The first-order valence-corrected chi connectivity index (χ1v) is 10.4. The normalized spacial score (nSPS) is 17.4. The van der Waals surface area contributed by atoms with Gasteiger partial charge in [-0.2, -0.15) is 0 Å². The van der Waals surface area contributed by atoms with Gasteiger partial charge in [-0.25, -0.2) is 0 Å². The van der Waals surface area contributed by atoms with Crippen LogP contribution in [0.3, 0.4) is 0 Å². The fourth-order valence-corrected chi connectivity index (χ4v) is 3.46. The standard InChI is InChI=1S/C22H25Cl2NO3/c23-19-7-3-17(4-8-19)2-1-14-27-20-9-5-18(6-10-20)21-16-25(13-15-28-21)12-11-22(24)26/h3-10,21H,1-2,11-16H2. The highest BCUT2D eigenvalue weighted by Crippen LogP contribution is 2.24. The van der Waals surface area contributed by atoms with E-state index in [0.717, 1.165) is 42.3 Å². The SMILES string of the molecule is O=C(Cl)CCN1CCOC(c2ccc(OCCCc3ccc(Cl)cc3)cc2)C1. The van der Waals surface area contributed by atoms with Gasteiger partial charge in [-0.1, -0.05) is 35.9 Å². The minimum Gasteiger partial charge on any atom is -0.494 e. The Balaban J connectivity index is 1.42. The molecule has 1 fully saturated rings. The van der Waals surface area contributed by atoms with Crippen molar-refractivity contribution in [1.29, 1.82) is 0 Å². The van der Waals surface area contributed by atoms with Crippen molar-refractivity contribution in [1.82, 2.24) is 4.90 Å². The second-order valence-corrected chi connectivity index (χ2v) is 7.77. The average Bonchev–Trinajstić information content (AvgIpc) is 2.72. The monoisotopic (exact) mass is 421 g/mol. The number of halogens is 2. The summed E-state index contributed by atoms with van der Waals surface area (Å²) < 4.78 is 11.7. The molecule has 6 heteroatoms. The third kappa shape index (κ3) is 6.78. The molecular weight excluding hydrogens is 397 g/mol. The van der Waals surface area contributed by atoms with Crippen LogP contribution in [-0.2, 0) is 16.0 Å². The molecule has 1 aliphatic heterocycles. The Hall–Kier alpha value is -1.59. The average molecular weight is 422 g/mol. The highest BCUT2D eigenvalue weighted by atomic mass is 35.5. The van der Waals surface area contributed by atoms with E-state index in [1.807, 2.05) is 36.4 Å². The zero-order chi connectivity index (χ0) is 19.8. The van der Waals surface area contributed by atoms with E-state index in [0.29, 0.717) is 26.2 Å². The molecule has 1 aliphatic rings. The first kappa shape index (κ1) is 21.1. The van der Waals surface area contributed by atoms with Gasteiger partial charge >= 0.3 is 0 Å². The maximum Gasteiger partial charge on any atom is 0.222 e. The molecule has 4 nitrogen and oxygen atoms in total. The van der Waals surface area contributed by atoms with Gasteiger partial charge in [0.1, 0.15) is 5.75 Å². The van der Waals surface area contributed by atoms with Gasteiger partial charge in [0.25, 0.3) is 0 Å². The number of benzene rings is 2. The van der Waals surface area contributed by atoms with Gasteiger partial charge in [0.05, 0.1) is 19.3 Å². The van der Waals surface area contributed by atoms with Crippen LogP contribution in [0.15, 0.2) is 48.5 Å². The molecule has 1 unspecified atom stereocenters. The number of aryl methyl sites for hydroxylation is 1. The number of carbonyl (C=O) groups is 1. The Morgan fingerprint density at radius 2 is 1.89 bits per heavy atom. The molecule has 0 N–H and O–H groups in total. The van der Waals surface area contributed by atoms with Gasteiger partial charge in [-0.05, 0) is 59.8 Å². The van der Waals surface area contributed by atoms with Gasteiger partial charge in [0, 0.05) is 31.1 Å². The molecular formula is C22H25Cl2NO3. The van der Waals surface area contributed by atoms with E-state index in [9.17, 15) is 4.79 Å². The molecule has 2 aromatic rings. The molecule has 0 radical (unpaired) electrons. The van der Waals surface area contributed by atoms with Crippen LogP contribution in [0.1, 0.15) is 30.1 Å². The van der Waals surface area contributed by atoms with Crippen LogP contribution in [0, 0.1) is 0 Å². The summed E-state index contributed by atoms with van der Waals surface area (Å²) in [6, 6.07) is 16.0. The molecule has 0 amide bonds. The van der Waals surface area contributed by atoms with Crippen molar-refractivity contribution >= 4 is 28.4 Å². The van der Waals surface area contributed by atoms with E-state index in [1.165, 1.54) is 5.56 Å². The number of nitrogens with zero attached hydrogens (tertiary/aromatic N) is 1. The summed E-state index contributed by atoms with van der Waals surface area (Å²) in [4.78, 5) is 13.2. The Labute approximate surface area is 176 Å². The Morgan fingerprint density at radius 3 is 2.61 bits per heavy atom. The summed E-state index contributed by atoms with van der Waals surface area (Å²) in [5.74, 6) is 0.861. The molecule has 1 heterocycles. The van der Waals surface area contributed by atoms with Crippen LogP contribution in [0.4, 0.5) is 0 Å². The van der Waals surface area contributed by atoms with Gasteiger partial charge in [-0.15, -0.1) is 0 Å². The van der Waals surface area contributed by atoms with Crippen LogP contribution >= 0.6 is 23.2 Å². The zero-order valence-corrected chi connectivity index (χ0v) is 17.3. The lowest BCUT2D eigenvalue weighted by Crippen LogP contribution is -2.39. The third-order valence-electron chi connectivity index (χ3n) is 4.82. The van der Waals surface area contributed by atoms with Crippen molar-refractivity contribution in [3.8, 4) is 5.75 Å². The van der Waals surface area contributed by atoms with Crippen LogP contribution in [0.25, 0.3) is 0 Å². The molecule has 3 rings (SSSR count). The van der Waals surface area contributed by atoms with Gasteiger partial charge < -0.3 is 9.47 Å². The third-order valence-corrected chi connectivity index (χ3v) is 5.26. The number of hydrogen-bond acceptors (Lipinski definition) is 4. The van der Waals surface area contributed by atoms with Crippen molar-refractivity contribution < 1.29 is 14.3 Å². The maximum atomic E-state index is 11.0. The predicted molar refractivity (Wildman–Crippen MR) is 112 cm³/mol. The van der Waals surface area contributed by atoms with E-state index in [4.69, 9.17) is 32.7 Å². The van der Waals surface area contributed by atoms with E-state index in [-0.39, 0.29) is 11.3 Å². The zero-order valence-electron chi connectivity index (χ0n) is 15.8. The van der Waals surface area contributed by atoms with Crippen LogP contribution in [-0.4, -0.2) is 43.0 Å². The lowest BCUT2D eigenvalue weighted by atomic mass is 10.1.